The van der Waals surface area contributed by atoms with Crippen molar-refractivity contribution in [3.8, 4) is 0 Å². The van der Waals surface area contributed by atoms with Crippen LogP contribution in [0.25, 0.3) is 0 Å². The summed E-state index contributed by atoms with van der Waals surface area (Å²) < 4.78 is 0. The Balaban J connectivity index is 1.68. The van der Waals surface area contributed by atoms with Gasteiger partial charge in [0.2, 0.25) is 11.8 Å². The highest BCUT2D eigenvalue weighted by atomic mass is 35.5. The van der Waals surface area contributed by atoms with Gasteiger partial charge >= 0.3 is 0 Å². The van der Waals surface area contributed by atoms with Gasteiger partial charge in [-0.15, -0.1) is 0 Å². The molecule has 0 spiro atoms. The molecule has 0 radical (unpaired) electrons. The Labute approximate surface area is 145 Å². The normalized spacial score (nSPS) is 26.3. The van der Waals surface area contributed by atoms with E-state index in [4.69, 9.17) is 11.6 Å². The Kier molecular flexibility index (Phi) is 4.49. The molecular formula is C17H20ClN3O3. The van der Waals surface area contributed by atoms with Crippen molar-refractivity contribution in [3.05, 3.63) is 34.9 Å². The van der Waals surface area contributed by atoms with E-state index in [0.29, 0.717) is 23.6 Å². The predicted octanol–water partition coefficient (Wildman–Crippen LogP) is 1.19. The summed E-state index contributed by atoms with van der Waals surface area (Å²) in [6.45, 7) is 4.16. The second kappa shape index (κ2) is 6.43. The van der Waals surface area contributed by atoms with Gasteiger partial charge in [0.15, 0.2) is 0 Å². The summed E-state index contributed by atoms with van der Waals surface area (Å²) in [6.07, 6.45) is 0.432. The second-order valence-corrected chi connectivity index (χ2v) is 7.09. The van der Waals surface area contributed by atoms with E-state index in [2.05, 4.69) is 10.6 Å². The van der Waals surface area contributed by atoms with Gasteiger partial charge in [-0.2, -0.15) is 0 Å². The third-order valence-corrected chi connectivity index (χ3v) is 4.81. The van der Waals surface area contributed by atoms with Gasteiger partial charge in [-0.1, -0.05) is 25.4 Å². The highest BCUT2D eigenvalue weighted by Crippen LogP contribution is 2.25. The molecule has 0 aliphatic carbocycles. The number of fused-ring (bicyclic) bond motifs is 1. The van der Waals surface area contributed by atoms with Crippen molar-refractivity contribution in [2.75, 3.05) is 6.54 Å². The molecule has 0 bridgehead atoms. The molecule has 1 aromatic carbocycles. The van der Waals surface area contributed by atoms with Crippen LogP contribution in [0.1, 0.15) is 30.6 Å². The lowest BCUT2D eigenvalue weighted by Crippen LogP contribution is -2.62. The Morgan fingerprint density at radius 3 is 2.58 bits per heavy atom. The van der Waals surface area contributed by atoms with Gasteiger partial charge in [0, 0.05) is 23.2 Å². The summed E-state index contributed by atoms with van der Waals surface area (Å²) in [4.78, 5) is 38.6. The van der Waals surface area contributed by atoms with Crippen LogP contribution in [-0.4, -0.2) is 47.3 Å². The van der Waals surface area contributed by atoms with Crippen LogP contribution in [-0.2, 0) is 9.59 Å². The molecule has 0 aromatic heterocycles. The number of rotatable bonds is 3. The van der Waals surface area contributed by atoms with Gasteiger partial charge < -0.3 is 15.5 Å². The lowest BCUT2D eigenvalue weighted by atomic mass is 9.98. The fraction of sp³-hybridized carbons (Fsp3) is 0.471. The SMILES string of the molecule is CC(C)[C@H]1NC(=O)[C@@H]2C[C@H](NC(=O)c3ccc(Cl)cc3)CN2C1=O. The number of benzene rings is 1. The third-order valence-electron chi connectivity index (χ3n) is 4.56. The predicted molar refractivity (Wildman–Crippen MR) is 89.6 cm³/mol. The zero-order chi connectivity index (χ0) is 17.4. The van der Waals surface area contributed by atoms with E-state index in [0.717, 1.165) is 0 Å². The first-order chi connectivity index (χ1) is 11.4. The molecule has 2 N–H and O–H groups in total. The molecule has 6 nitrogen and oxygen atoms in total. The topological polar surface area (TPSA) is 78.5 Å². The van der Waals surface area contributed by atoms with Crippen LogP contribution in [0.15, 0.2) is 24.3 Å². The molecule has 128 valence electrons. The van der Waals surface area contributed by atoms with Crippen LogP contribution < -0.4 is 10.6 Å². The van der Waals surface area contributed by atoms with Crippen LogP contribution >= 0.6 is 11.6 Å². The number of halogens is 1. The number of hydrogen-bond donors (Lipinski definition) is 2. The summed E-state index contributed by atoms with van der Waals surface area (Å²) in [5.74, 6) is -0.413. The van der Waals surface area contributed by atoms with Gasteiger partial charge in [0.05, 0.1) is 0 Å². The maximum atomic E-state index is 12.5. The fourth-order valence-electron chi connectivity index (χ4n) is 3.24. The summed E-state index contributed by atoms with van der Waals surface area (Å²) in [5, 5.41) is 6.25. The van der Waals surface area contributed by atoms with Crippen molar-refractivity contribution in [2.24, 2.45) is 5.92 Å². The molecule has 2 aliphatic heterocycles. The fourth-order valence-corrected chi connectivity index (χ4v) is 3.37. The number of nitrogens with zero attached hydrogens (tertiary/aromatic N) is 1. The molecule has 0 saturated carbocycles. The number of amides is 3. The highest BCUT2D eigenvalue weighted by Gasteiger charge is 2.47. The quantitative estimate of drug-likeness (QED) is 0.860. The van der Waals surface area contributed by atoms with Gasteiger partial charge in [-0.3, -0.25) is 14.4 Å². The molecule has 2 heterocycles. The van der Waals surface area contributed by atoms with E-state index >= 15 is 0 Å². The maximum absolute atomic E-state index is 12.5. The smallest absolute Gasteiger partial charge is 0.251 e. The van der Waals surface area contributed by atoms with Crippen molar-refractivity contribution >= 4 is 29.3 Å². The van der Waals surface area contributed by atoms with Crippen LogP contribution in [0, 0.1) is 5.92 Å². The van der Waals surface area contributed by atoms with E-state index in [9.17, 15) is 14.4 Å². The standard InChI is InChI=1S/C17H20ClN3O3/c1-9(2)14-17(24)21-8-12(7-13(21)16(23)20-14)19-15(22)10-3-5-11(18)6-4-10/h3-6,9,12-14H,7-8H2,1-2H3,(H,19,22)(H,20,23)/t12-,13-,14+/m0/s1. The number of hydrogen-bond acceptors (Lipinski definition) is 3. The van der Waals surface area contributed by atoms with E-state index in [1.807, 2.05) is 13.8 Å². The Bertz CT molecular complexity index is 674. The van der Waals surface area contributed by atoms with Crippen LogP contribution in [0.5, 0.6) is 0 Å². The molecule has 7 heteroatoms. The first-order valence-corrected chi connectivity index (χ1v) is 8.42. The highest BCUT2D eigenvalue weighted by molar-refractivity contribution is 6.30. The van der Waals surface area contributed by atoms with Crippen molar-refractivity contribution < 1.29 is 14.4 Å². The largest absolute Gasteiger partial charge is 0.347 e. The van der Waals surface area contributed by atoms with Gasteiger partial charge in [0.25, 0.3) is 5.91 Å². The molecule has 2 fully saturated rings. The monoisotopic (exact) mass is 349 g/mol. The average Bonchev–Trinajstić information content (AvgIpc) is 2.96. The number of piperazine rings is 1. The van der Waals surface area contributed by atoms with Gasteiger partial charge in [-0.05, 0) is 36.6 Å². The van der Waals surface area contributed by atoms with E-state index in [1.165, 1.54) is 0 Å². The molecule has 24 heavy (non-hydrogen) atoms. The number of carbonyl (C=O) groups excluding carboxylic acids is 3. The van der Waals surface area contributed by atoms with E-state index < -0.39 is 12.1 Å². The summed E-state index contributed by atoms with van der Waals surface area (Å²) >= 11 is 5.82. The van der Waals surface area contributed by atoms with Gasteiger partial charge in [-0.25, -0.2) is 0 Å². The molecule has 3 amide bonds. The minimum Gasteiger partial charge on any atom is -0.347 e. The van der Waals surface area contributed by atoms with E-state index in [1.54, 1.807) is 29.2 Å². The zero-order valence-corrected chi connectivity index (χ0v) is 14.3. The lowest BCUT2D eigenvalue weighted by molar-refractivity contribution is -0.148. The minimum absolute atomic E-state index is 0.0325. The molecule has 3 rings (SSSR count). The average molecular weight is 350 g/mol. The summed E-state index contributed by atoms with van der Waals surface area (Å²) in [7, 11) is 0. The summed E-state index contributed by atoms with van der Waals surface area (Å²) in [6, 6.07) is 5.37. The van der Waals surface area contributed by atoms with Crippen LogP contribution in [0.3, 0.4) is 0 Å². The lowest BCUT2D eigenvalue weighted by Gasteiger charge is -2.36. The zero-order valence-electron chi connectivity index (χ0n) is 13.6. The van der Waals surface area contributed by atoms with Crippen molar-refractivity contribution in [1.82, 2.24) is 15.5 Å². The maximum Gasteiger partial charge on any atom is 0.251 e. The molecule has 0 unspecified atom stereocenters. The first kappa shape index (κ1) is 16.8. The first-order valence-electron chi connectivity index (χ1n) is 8.04. The third kappa shape index (κ3) is 3.11. The van der Waals surface area contributed by atoms with Crippen molar-refractivity contribution in [2.45, 2.75) is 38.4 Å². The molecule has 2 saturated heterocycles. The Morgan fingerprint density at radius 2 is 1.96 bits per heavy atom. The Hall–Kier alpha value is -2.08. The van der Waals surface area contributed by atoms with E-state index in [-0.39, 0.29) is 29.7 Å². The van der Waals surface area contributed by atoms with Gasteiger partial charge in [0.1, 0.15) is 12.1 Å². The van der Waals surface area contributed by atoms with Crippen LogP contribution in [0.4, 0.5) is 0 Å². The Morgan fingerprint density at radius 1 is 1.29 bits per heavy atom. The van der Waals surface area contributed by atoms with Crippen molar-refractivity contribution in [1.29, 1.82) is 0 Å². The minimum atomic E-state index is -0.497. The van der Waals surface area contributed by atoms with Crippen molar-refractivity contribution in [3.63, 3.8) is 0 Å². The molecular weight excluding hydrogens is 330 g/mol. The molecule has 2 aliphatic rings. The number of carbonyl (C=O) groups is 3. The molecule has 1 aromatic rings. The second-order valence-electron chi connectivity index (χ2n) is 6.65. The van der Waals surface area contributed by atoms with Crippen LogP contribution in [0.2, 0.25) is 5.02 Å². The number of nitrogens with one attached hydrogen (secondary N) is 2. The summed E-state index contributed by atoms with van der Waals surface area (Å²) in [5.41, 5.74) is 0.500. The molecule has 3 atom stereocenters.